The van der Waals surface area contributed by atoms with Gasteiger partial charge in [-0.25, -0.2) is 0 Å². The Morgan fingerprint density at radius 3 is 2.81 bits per heavy atom. The number of piperidine rings is 1. The molecule has 16 heavy (non-hydrogen) atoms. The van der Waals surface area contributed by atoms with E-state index in [1.54, 1.807) is 18.2 Å². The smallest absolute Gasteiger partial charge is 0.269 e. The largest absolute Gasteiger partial charge is 0.490 e. The SMILES string of the molecule is [NH]C(=O)c1cccc(OC2CCNCC2)c1. The third-order valence-electron chi connectivity index (χ3n) is 2.69. The van der Waals surface area contributed by atoms with Crippen molar-refractivity contribution in [2.45, 2.75) is 18.9 Å². The Balaban J connectivity index is 2.02. The standard InChI is InChI=1S/C12H15N2O2/c13-12(15)9-2-1-3-11(8-9)16-10-4-6-14-7-5-10/h1-3,8,10,13-14H,4-7H2. The van der Waals surface area contributed by atoms with Crippen LogP contribution in [0.3, 0.4) is 0 Å². The second-order valence-electron chi connectivity index (χ2n) is 3.92. The molecular formula is C12H15N2O2. The van der Waals surface area contributed by atoms with Gasteiger partial charge in [0.05, 0.1) is 0 Å². The van der Waals surface area contributed by atoms with Crippen molar-refractivity contribution in [2.75, 3.05) is 13.1 Å². The Kier molecular flexibility index (Phi) is 3.41. The van der Waals surface area contributed by atoms with Crippen LogP contribution in [-0.2, 0) is 0 Å². The van der Waals surface area contributed by atoms with Gasteiger partial charge in [0.15, 0.2) is 0 Å². The average molecular weight is 219 g/mol. The van der Waals surface area contributed by atoms with E-state index in [0.717, 1.165) is 25.9 Å². The quantitative estimate of drug-likeness (QED) is 0.832. The summed E-state index contributed by atoms with van der Waals surface area (Å²) in [4.78, 5) is 10.9. The lowest BCUT2D eigenvalue weighted by atomic mass is 10.1. The van der Waals surface area contributed by atoms with Crippen molar-refractivity contribution in [3.8, 4) is 5.75 Å². The summed E-state index contributed by atoms with van der Waals surface area (Å²) in [6.07, 6.45) is 2.19. The Bertz CT molecular complexity index is 373. The summed E-state index contributed by atoms with van der Waals surface area (Å²) in [5.41, 5.74) is 7.41. The molecule has 1 heterocycles. The van der Waals surface area contributed by atoms with Crippen molar-refractivity contribution in [1.82, 2.24) is 11.1 Å². The van der Waals surface area contributed by atoms with Gasteiger partial charge in [-0.05, 0) is 44.1 Å². The predicted molar refractivity (Wildman–Crippen MR) is 60.4 cm³/mol. The molecule has 1 aromatic rings. The summed E-state index contributed by atoms with van der Waals surface area (Å²) in [5.74, 6) is 0.0146. The van der Waals surface area contributed by atoms with Crippen LogP contribution in [-0.4, -0.2) is 25.1 Å². The number of hydrogen-bond acceptors (Lipinski definition) is 3. The summed E-state index contributed by atoms with van der Waals surface area (Å²) in [6, 6.07) is 6.84. The molecule has 1 amide bonds. The maximum absolute atomic E-state index is 10.9. The van der Waals surface area contributed by atoms with Crippen molar-refractivity contribution < 1.29 is 9.53 Å². The Hall–Kier alpha value is -1.55. The molecule has 2 rings (SSSR count). The van der Waals surface area contributed by atoms with Crippen molar-refractivity contribution in [3.05, 3.63) is 29.8 Å². The summed E-state index contributed by atoms with van der Waals surface area (Å²) < 4.78 is 5.77. The third kappa shape index (κ3) is 2.73. The molecule has 0 saturated carbocycles. The highest BCUT2D eigenvalue weighted by atomic mass is 16.5. The van der Waals surface area contributed by atoms with Crippen molar-refractivity contribution in [3.63, 3.8) is 0 Å². The fourth-order valence-corrected chi connectivity index (χ4v) is 1.82. The van der Waals surface area contributed by atoms with Gasteiger partial charge in [-0.15, -0.1) is 0 Å². The first-order valence-electron chi connectivity index (χ1n) is 5.49. The molecule has 0 aliphatic carbocycles. The Morgan fingerprint density at radius 1 is 1.38 bits per heavy atom. The van der Waals surface area contributed by atoms with E-state index in [9.17, 15) is 4.79 Å². The number of carbonyl (C=O) groups excluding carboxylic acids is 1. The van der Waals surface area contributed by atoms with Crippen LogP contribution in [0.4, 0.5) is 0 Å². The first-order valence-corrected chi connectivity index (χ1v) is 5.49. The van der Waals surface area contributed by atoms with Crippen molar-refractivity contribution >= 4 is 5.91 Å². The monoisotopic (exact) mass is 219 g/mol. The third-order valence-corrected chi connectivity index (χ3v) is 2.69. The second kappa shape index (κ2) is 4.99. The lowest BCUT2D eigenvalue weighted by Crippen LogP contribution is -2.34. The summed E-state index contributed by atoms with van der Waals surface area (Å²) in [5, 5.41) is 3.27. The van der Waals surface area contributed by atoms with Gasteiger partial charge in [0.1, 0.15) is 11.9 Å². The number of rotatable bonds is 3. The normalized spacial score (nSPS) is 17.0. The number of nitrogens with one attached hydrogen (secondary N) is 2. The van der Waals surface area contributed by atoms with Crippen LogP contribution in [0, 0.1) is 0 Å². The van der Waals surface area contributed by atoms with Crippen LogP contribution >= 0.6 is 0 Å². The molecule has 0 unspecified atom stereocenters. The van der Waals surface area contributed by atoms with Gasteiger partial charge in [-0.3, -0.25) is 10.5 Å². The number of hydrogen-bond donors (Lipinski definition) is 1. The minimum Gasteiger partial charge on any atom is -0.490 e. The molecule has 1 aromatic carbocycles. The van der Waals surface area contributed by atoms with Crippen molar-refractivity contribution in [1.29, 1.82) is 0 Å². The van der Waals surface area contributed by atoms with E-state index < -0.39 is 5.91 Å². The Labute approximate surface area is 94.8 Å². The number of ether oxygens (including phenoxy) is 1. The van der Waals surface area contributed by atoms with Crippen LogP contribution in [0.1, 0.15) is 23.2 Å². The summed E-state index contributed by atoms with van der Waals surface area (Å²) in [7, 11) is 0. The number of amides is 1. The fraction of sp³-hybridized carbons (Fsp3) is 0.417. The zero-order valence-electron chi connectivity index (χ0n) is 9.03. The fourth-order valence-electron chi connectivity index (χ4n) is 1.82. The molecule has 1 saturated heterocycles. The van der Waals surface area contributed by atoms with Gasteiger partial charge in [0, 0.05) is 5.56 Å². The van der Waals surface area contributed by atoms with Gasteiger partial charge < -0.3 is 10.1 Å². The van der Waals surface area contributed by atoms with E-state index >= 15 is 0 Å². The topological polar surface area (TPSA) is 62.1 Å². The van der Waals surface area contributed by atoms with Crippen LogP contribution in [0.25, 0.3) is 0 Å². The molecule has 1 aliphatic heterocycles. The van der Waals surface area contributed by atoms with E-state index in [2.05, 4.69) is 5.32 Å². The van der Waals surface area contributed by atoms with Crippen molar-refractivity contribution in [2.24, 2.45) is 0 Å². The molecular weight excluding hydrogens is 204 g/mol. The molecule has 0 spiro atoms. The lowest BCUT2D eigenvalue weighted by molar-refractivity contribution is 0.0990. The minimum atomic E-state index is -0.671. The van der Waals surface area contributed by atoms with Crippen LogP contribution in [0.5, 0.6) is 5.75 Å². The predicted octanol–water partition coefficient (Wildman–Crippen LogP) is 1.24. The first-order chi connectivity index (χ1) is 7.75. The molecule has 85 valence electrons. The van der Waals surface area contributed by atoms with Gasteiger partial charge in [0.25, 0.3) is 5.91 Å². The molecule has 0 atom stereocenters. The number of benzene rings is 1. The summed E-state index contributed by atoms with van der Waals surface area (Å²) >= 11 is 0. The average Bonchev–Trinajstić information content (AvgIpc) is 2.30. The Morgan fingerprint density at radius 2 is 2.12 bits per heavy atom. The second-order valence-corrected chi connectivity index (χ2v) is 3.92. The van der Waals surface area contributed by atoms with Gasteiger partial charge in [-0.2, -0.15) is 0 Å². The molecule has 4 nitrogen and oxygen atoms in total. The zero-order chi connectivity index (χ0) is 11.4. The van der Waals surface area contributed by atoms with E-state index in [-0.39, 0.29) is 6.10 Å². The molecule has 1 fully saturated rings. The molecule has 2 N–H and O–H groups in total. The molecule has 4 heteroatoms. The van der Waals surface area contributed by atoms with E-state index in [4.69, 9.17) is 10.5 Å². The van der Waals surface area contributed by atoms with Gasteiger partial charge in [0.2, 0.25) is 0 Å². The minimum absolute atomic E-state index is 0.220. The highest BCUT2D eigenvalue weighted by Gasteiger charge is 2.14. The van der Waals surface area contributed by atoms with E-state index in [0.29, 0.717) is 11.3 Å². The van der Waals surface area contributed by atoms with Gasteiger partial charge in [-0.1, -0.05) is 6.07 Å². The molecule has 1 radical (unpaired) electrons. The van der Waals surface area contributed by atoms with E-state index in [1.165, 1.54) is 0 Å². The highest BCUT2D eigenvalue weighted by Crippen LogP contribution is 2.18. The van der Waals surface area contributed by atoms with E-state index in [1.807, 2.05) is 6.07 Å². The van der Waals surface area contributed by atoms with Crippen LogP contribution in [0.15, 0.2) is 24.3 Å². The summed E-state index contributed by atoms with van der Waals surface area (Å²) in [6.45, 7) is 1.95. The maximum atomic E-state index is 10.9. The number of carbonyl (C=O) groups is 1. The highest BCUT2D eigenvalue weighted by molar-refractivity contribution is 5.92. The molecule has 0 aromatic heterocycles. The first kappa shape index (κ1) is 11.0. The maximum Gasteiger partial charge on any atom is 0.269 e. The van der Waals surface area contributed by atoms with Crippen LogP contribution in [0.2, 0.25) is 0 Å². The molecule has 1 aliphatic rings. The van der Waals surface area contributed by atoms with Crippen LogP contribution < -0.4 is 15.8 Å². The lowest BCUT2D eigenvalue weighted by Gasteiger charge is -2.23. The zero-order valence-corrected chi connectivity index (χ0v) is 9.03. The van der Waals surface area contributed by atoms with Gasteiger partial charge >= 0.3 is 0 Å². The molecule has 0 bridgehead atoms.